The van der Waals surface area contributed by atoms with E-state index in [2.05, 4.69) is 10.6 Å². The summed E-state index contributed by atoms with van der Waals surface area (Å²) in [6.45, 7) is 5.53. The number of anilines is 2. The molecule has 0 radical (unpaired) electrons. The molecule has 3 aromatic rings. The average molecular weight is 494 g/mol. The summed E-state index contributed by atoms with van der Waals surface area (Å²) < 4.78 is 26.5. The number of para-hydroxylation sites is 1. The van der Waals surface area contributed by atoms with Crippen LogP contribution in [0.4, 0.5) is 11.4 Å². The first kappa shape index (κ1) is 26.0. The summed E-state index contributed by atoms with van der Waals surface area (Å²) in [4.78, 5) is 26.4. The Balaban J connectivity index is 1.85. The van der Waals surface area contributed by atoms with Gasteiger partial charge in [-0.05, 0) is 50.1 Å². The standard InChI is InChI=1S/C27H31N3O4S/c1-5-25(30(35(4,33)34)22-17-15-19(2)16-18-22)27(32)29-24-14-10-9-13-23(24)26(31)28-20(3)21-11-7-6-8-12-21/h6-18,20,25H,5H2,1-4H3,(H,28,31)(H,29,32)/t20-,25-/m1/s1. The molecule has 0 heterocycles. The molecule has 0 aromatic heterocycles. The SMILES string of the molecule is CC[C@H](C(=O)Nc1ccccc1C(=O)N[C@H](C)c1ccccc1)N(c1ccc(C)cc1)S(C)(=O)=O. The molecule has 2 N–H and O–H groups in total. The molecule has 0 fully saturated rings. The van der Waals surface area contributed by atoms with E-state index in [1.165, 1.54) is 0 Å². The van der Waals surface area contributed by atoms with Crippen molar-refractivity contribution in [1.29, 1.82) is 0 Å². The molecule has 0 aliphatic rings. The summed E-state index contributed by atoms with van der Waals surface area (Å²) in [6.07, 6.45) is 1.32. The van der Waals surface area contributed by atoms with Crippen LogP contribution in [0.5, 0.6) is 0 Å². The number of nitrogens with zero attached hydrogens (tertiary/aromatic N) is 1. The van der Waals surface area contributed by atoms with Gasteiger partial charge in [-0.15, -0.1) is 0 Å². The Morgan fingerprint density at radius 1 is 0.914 bits per heavy atom. The van der Waals surface area contributed by atoms with Crippen molar-refractivity contribution >= 4 is 33.2 Å². The topological polar surface area (TPSA) is 95.6 Å². The van der Waals surface area contributed by atoms with Crippen LogP contribution in [0.1, 0.15) is 47.8 Å². The van der Waals surface area contributed by atoms with Gasteiger partial charge in [0.1, 0.15) is 6.04 Å². The first-order chi connectivity index (χ1) is 16.6. The van der Waals surface area contributed by atoms with Gasteiger partial charge < -0.3 is 10.6 Å². The van der Waals surface area contributed by atoms with Crippen LogP contribution in [0.2, 0.25) is 0 Å². The molecule has 0 aliphatic heterocycles. The normalized spacial score (nSPS) is 12.9. The number of amides is 2. The van der Waals surface area contributed by atoms with Crippen LogP contribution in [0.15, 0.2) is 78.9 Å². The monoisotopic (exact) mass is 493 g/mol. The van der Waals surface area contributed by atoms with Gasteiger partial charge in [0.15, 0.2) is 0 Å². The summed E-state index contributed by atoms with van der Waals surface area (Å²) in [5.41, 5.74) is 2.94. The summed E-state index contributed by atoms with van der Waals surface area (Å²) in [5.74, 6) is -0.862. The van der Waals surface area contributed by atoms with Gasteiger partial charge in [-0.25, -0.2) is 8.42 Å². The van der Waals surface area contributed by atoms with E-state index in [4.69, 9.17) is 0 Å². The maximum absolute atomic E-state index is 13.3. The second-order valence-electron chi connectivity index (χ2n) is 8.46. The Morgan fingerprint density at radius 2 is 1.51 bits per heavy atom. The molecule has 2 atom stereocenters. The predicted molar refractivity (Wildman–Crippen MR) is 140 cm³/mol. The summed E-state index contributed by atoms with van der Waals surface area (Å²) in [6, 6.07) is 22.0. The molecule has 0 bridgehead atoms. The lowest BCUT2D eigenvalue weighted by atomic mass is 10.1. The second-order valence-corrected chi connectivity index (χ2v) is 10.3. The number of sulfonamides is 1. The third-order valence-corrected chi connectivity index (χ3v) is 6.87. The maximum atomic E-state index is 13.3. The third-order valence-electron chi connectivity index (χ3n) is 5.69. The number of hydrogen-bond acceptors (Lipinski definition) is 4. The van der Waals surface area contributed by atoms with E-state index in [-0.39, 0.29) is 18.4 Å². The Bertz CT molecular complexity index is 1280. The quantitative estimate of drug-likeness (QED) is 0.453. The van der Waals surface area contributed by atoms with Crippen molar-refractivity contribution in [3.8, 4) is 0 Å². The van der Waals surface area contributed by atoms with Gasteiger partial charge in [0.05, 0.1) is 29.2 Å². The molecule has 8 heteroatoms. The fourth-order valence-electron chi connectivity index (χ4n) is 3.86. The molecular weight excluding hydrogens is 462 g/mol. The molecule has 0 unspecified atom stereocenters. The number of carbonyl (C=O) groups excluding carboxylic acids is 2. The minimum atomic E-state index is -3.76. The Hall–Kier alpha value is -3.65. The minimum Gasteiger partial charge on any atom is -0.345 e. The average Bonchev–Trinajstić information content (AvgIpc) is 2.83. The lowest BCUT2D eigenvalue weighted by molar-refractivity contribution is -0.117. The van der Waals surface area contributed by atoms with E-state index in [1.54, 1.807) is 55.5 Å². The van der Waals surface area contributed by atoms with Gasteiger partial charge in [-0.3, -0.25) is 13.9 Å². The lowest BCUT2D eigenvalue weighted by Gasteiger charge is -2.30. The fourth-order valence-corrected chi connectivity index (χ4v) is 5.07. The van der Waals surface area contributed by atoms with E-state index in [0.29, 0.717) is 16.9 Å². The first-order valence-corrected chi connectivity index (χ1v) is 13.3. The highest BCUT2D eigenvalue weighted by Crippen LogP contribution is 2.25. The van der Waals surface area contributed by atoms with Crippen LogP contribution in [-0.4, -0.2) is 32.5 Å². The van der Waals surface area contributed by atoms with E-state index in [1.807, 2.05) is 44.2 Å². The molecule has 3 rings (SSSR count). The number of aryl methyl sites for hydroxylation is 1. The first-order valence-electron chi connectivity index (χ1n) is 11.4. The zero-order valence-electron chi connectivity index (χ0n) is 20.4. The van der Waals surface area contributed by atoms with Gasteiger partial charge in [0.25, 0.3) is 5.91 Å². The van der Waals surface area contributed by atoms with Crippen LogP contribution in [-0.2, 0) is 14.8 Å². The summed E-state index contributed by atoms with van der Waals surface area (Å²) >= 11 is 0. The highest BCUT2D eigenvalue weighted by Gasteiger charge is 2.32. The summed E-state index contributed by atoms with van der Waals surface area (Å²) in [5, 5.41) is 5.73. The molecule has 184 valence electrons. The van der Waals surface area contributed by atoms with Crippen LogP contribution in [0.3, 0.4) is 0 Å². The molecule has 2 amide bonds. The molecule has 35 heavy (non-hydrogen) atoms. The largest absolute Gasteiger partial charge is 0.345 e. The zero-order chi connectivity index (χ0) is 25.6. The Kier molecular flexibility index (Phi) is 8.30. The van der Waals surface area contributed by atoms with Gasteiger partial charge >= 0.3 is 0 Å². The van der Waals surface area contributed by atoms with Gasteiger partial charge in [-0.1, -0.05) is 67.1 Å². The third kappa shape index (κ3) is 6.48. The van der Waals surface area contributed by atoms with Crippen molar-refractivity contribution in [2.24, 2.45) is 0 Å². The maximum Gasteiger partial charge on any atom is 0.253 e. The molecule has 0 saturated carbocycles. The molecular formula is C27H31N3O4S. The minimum absolute atomic E-state index is 0.238. The lowest BCUT2D eigenvalue weighted by Crippen LogP contribution is -2.47. The van der Waals surface area contributed by atoms with Crippen LogP contribution in [0.25, 0.3) is 0 Å². The van der Waals surface area contributed by atoms with E-state index >= 15 is 0 Å². The second kappa shape index (κ2) is 11.2. The van der Waals surface area contributed by atoms with Crippen LogP contribution < -0.4 is 14.9 Å². The van der Waals surface area contributed by atoms with Crippen molar-refractivity contribution < 1.29 is 18.0 Å². The van der Waals surface area contributed by atoms with Gasteiger partial charge in [0.2, 0.25) is 15.9 Å². The predicted octanol–water partition coefficient (Wildman–Crippen LogP) is 4.67. The number of hydrogen-bond donors (Lipinski definition) is 2. The zero-order valence-corrected chi connectivity index (χ0v) is 21.2. The number of carbonyl (C=O) groups is 2. The van der Waals surface area contributed by atoms with Crippen LogP contribution in [0, 0.1) is 6.92 Å². The smallest absolute Gasteiger partial charge is 0.253 e. The van der Waals surface area contributed by atoms with E-state index < -0.39 is 22.0 Å². The number of nitrogens with one attached hydrogen (secondary N) is 2. The highest BCUT2D eigenvalue weighted by atomic mass is 32.2. The Labute approximate surface area is 207 Å². The highest BCUT2D eigenvalue weighted by molar-refractivity contribution is 7.92. The number of rotatable bonds is 9. The van der Waals surface area contributed by atoms with Crippen molar-refractivity contribution in [1.82, 2.24) is 5.32 Å². The van der Waals surface area contributed by atoms with E-state index in [0.717, 1.165) is 21.7 Å². The molecule has 7 nitrogen and oxygen atoms in total. The molecule has 3 aromatic carbocycles. The van der Waals surface area contributed by atoms with Gasteiger partial charge in [0, 0.05) is 0 Å². The van der Waals surface area contributed by atoms with Crippen molar-refractivity contribution in [3.05, 3.63) is 95.6 Å². The number of benzene rings is 3. The molecule has 0 saturated heterocycles. The molecule has 0 spiro atoms. The fraction of sp³-hybridized carbons (Fsp3) is 0.259. The van der Waals surface area contributed by atoms with E-state index in [9.17, 15) is 18.0 Å². The van der Waals surface area contributed by atoms with Crippen molar-refractivity contribution in [3.63, 3.8) is 0 Å². The van der Waals surface area contributed by atoms with Crippen molar-refractivity contribution in [2.75, 3.05) is 15.9 Å². The van der Waals surface area contributed by atoms with Crippen molar-refractivity contribution in [2.45, 2.75) is 39.3 Å². The molecule has 0 aliphatic carbocycles. The van der Waals surface area contributed by atoms with Gasteiger partial charge in [-0.2, -0.15) is 0 Å². The van der Waals surface area contributed by atoms with Crippen LogP contribution >= 0.6 is 0 Å². The Morgan fingerprint density at radius 3 is 2.11 bits per heavy atom. The summed E-state index contributed by atoms with van der Waals surface area (Å²) in [7, 11) is -3.76.